The van der Waals surface area contributed by atoms with Crippen LogP contribution in [0, 0.1) is 18.3 Å². The van der Waals surface area contributed by atoms with Gasteiger partial charge in [-0.05, 0) is 60.1 Å². The van der Waals surface area contributed by atoms with Crippen molar-refractivity contribution in [2.24, 2.45) is 16.8 Å². The van der Waals surface area contributed by atoms with E-state index in [-0.39, 0.29) is 28.4 Å². The van der Waals surface area contributed by atoms with Gasteiger partial charge in [-0.25, -0.2) is 18.7 Å². The Morgan fingerprint density at radius 2 is 1.96 bits per heavy atom. The molecule has 0 saturated heterocycles. The highest BCUT2D eigenvalue weighted by Crippen LogP contribution is 2.42. The monoisotopic (exact) mass is 363 g/mol. The fourth-order valence-electron chi connectivity index (χ4n) is 3.63. The molecular weight excluding hydrogens is 342 g/mol. The largest absolute Gasteiger partial charge is 0.387 e. The van der Waals surface area contributed by atoms with Gasteiger partial charge in [-0.3, -0.25) is 5.41 Å². The lowest BCUT2D eigenvalue weighted by atomic mass is 9.77. The van der Waals surface area contributed by atoms with Crippen molar-refractivity contribution in [1.82, 2.24) is 20.6 Å². The molecule has 0 atom stereocenters. The van der Waals surface area contributed by atoms with Gasteiger partial charge >= 0.3 is 0 Å². The van der Waals surface area contributed by atoms with E-state index in [1.54, 1.807) is 13.0 Å². The average molecular weight is 363 g/mol. The molecule has 1 heterocycles. The molecule has 0 bridgehead atoms. The molecule has 0 spiro atoms. The summed E-state index contributed by atoms with van der Waals surface area (Å²) >= 11 is 0. The molecule has 1 aliphatic carbocycles. The molecule has 6 N–H and O–H groups in total. The van der Waals surface area contributed by atoms with E-state index in [0.29, 0.717) is 11.1 Å². The molecule has 134 valence electrons. The van der Waals surface area contributed by atoms with Gasteiger partial charge in [0, 0.05) is 11.5 Å². The molecule has 0 amide bonds. The normalized spacial score (nSPS) is 21.2. The predicted molar refractivity (Wildman–Crippen MR) is 92.3 cm³/mol. The van der Waals surface area contributed by atoms with Gasteiger partial charge in [0.2, 0.25) is 10.0 Å². The fourth-order valence-corrected chi connectivity index (χ4v) is 4.65. The molecule has 1 aromatic heterocycles. The topological polar surface area (TPSA) is 164 Å². The van der Waals surface area contributed by atoms with Crippen LogP contribution in [0.1, 0.15) is 42.7 Å². The molecular formula is C15H21N7O2S. The summed E-state index contributed by atoms with van der Waals surface area (Å²) in [5.74, 6) is 0.732. The third kappa shape index (κ3) is 3.40. The van der Waals surface area contributed by atoms with Crippen LogP contribution in [-0.2, 0) is 10.0 Å². The highest BCUT2D eigenvalue weighted by atomic mass is 32.2. The second-order valence-electron chi connectivity index (χ2n) is 6.47. The van der Waals surface area contributed by atoms with Crippen LogP contribution >= 0.6 is 0 Å². The Labute approximate surface area is 145 Å². The van der Waals surface area contributed by atoms with Crippen molar-refractivity contribution in [3.8, 4) is 11.4 Å². The van der Waals surface area contributed by atoms with Crippen molar-refractivity contribution in [1.29, 1.82) is 5.41 Å². The van der Waals surface area contributed by atoms with Crippen LogP contribution < -0.4 is 10.9 Å². The van der Waals surface area contributed by atoms with Crippen LogP contribution in [0.15, 0.2) is 17.0 Å². The standard InChI is InChI=1S/C15H21N7O2S/c1-8-2-7-11(9-3-5-10(6-4-9)14(16)17)12(13(8)25(18,23)24)15-19-21-22-20-15/h2,7,9-10H,3-6H2,1H3,(H3,16,17)(H2,18,23,24)(H,19,20,21,22). The Bertz CT molecular complexity index is 885. The van der Waals surface area contributed by atoms with Crippen LogP contribution in [0.25, 0.3) is 11.4 Å². The molecule has 10 heteroatoms. The van der Waals surface area contributed by atoms with Crippen LogP contribution in [-0.4, -0.2) is 34.9 Å². The Hall–Kier alpha value is -2.33. The lowest BCUT2D eigenvalue weighted by Crippen LogP contribution is -2.27. The summed E-state index contributed by atoms with van der Waals surface area (Å²) in [6, 6.07) is 3.68. The summed E-state index contributed by atoms with van der Waals surface area (Å²) < 4.78 is 24.4. The van der Waals surface area contributed by atoms with Crippen molar-refractivity contribution < 1.29 is 8.42 Å². The van der Waals surface area contributed by atoms with Crippen molar-refractivity contribution in [2.75, 3.05) is 0 Å². The number of tetrazole rings is 1. The highest BCUT2D eigenvalue weighted by molar-refractivity contribution is 7.89. The number of hydrogen-bond acceptors (Lipinski definition) is 6. The van der Waals surface area contributed by atoms with E-state index in [1.165, 1.54) is 0 Å². The van der Waals surface area contributed by atoms with E-state index < -0.39 is 10.0 Å². The quantitative estimate of drug-likeness (QED) is 0.468. The van der Waals surface area contributed by atoms with Crippen LogP contribution in [0.3, 0.4) is 0 Å². The van der Waals surface area contributed by atoms with Gasteiger partial charge in [0.1, 0.15) is 0 Å². The lowest BCUT2D eigenvalue weighted by Gasteiger charge is -2.29. The maximum absolute atomic E-state index is 12.2. The minimum Gasteiger partial charge on any atom is -0.387 e. The third-order valence-electron chi connectivity index (χ3n) is 4.86. The molecule has 1 saturated carbocycles. The zero-order valence-electron chi connectivity index (χ0n) is 13.9. The number of rotatable bonds is 4. The number of sulfonamides is 1. The first-order valence-electron chi connectivity index (χ1n) is 8.03. The number of hydrogen-bond donors (Lipinski definition) is 4. The van der Waals surface area contributed by atoms with Gasteiger partial charge in [0.15, 0.2) is 5.82 Å². The number of amidine groups is 1. The molecule has 1 aliphatic rings. The van der Waals surface area contributed by atoms with Gasteiger partial charge in [-0.1, -0.05) is 12.1 Å². The van der Waals surface area contributed by atoms with Crippen LogP contribution in [0.5, 0.6) is 0 Å². The number of primary sulfonamides is 1. The summed E-state index contributed by atoms with van der Waals surface area (Å²) in [6.07, 6.45) is 3.22. The number of aromatic nitrogens is 4. The van der Waals surface area contributed by atoms with E-state index >= 15 is 0 Å². The Morgan fingerprint density at radius 3 is 2.48 bits per heavy atom. The highest BCUT2D eigenvalue weighted by Gasteiger charge is 2.30. The van der Waals surface area contributed by atoms with Crippen LogP contribution in [0.4, 0.5) is 0 Å². The molecule has 3 rings (SSSR count). The first-order chi connectivity index (χ1) is 11.8. The summed E-state index contributed by atoms with van der Waals surface area (Å²) in [7, 11) is -3.95. The average Bonchev–Trinajstić information content (AvgIpc) is 3.07. The molecule has 2 aromatic rings. The van der Waals surface area contributed by atoms with Crippen molar-refractivity contribution in [3.63, 3.8) is 0 Å². The minimum absolute atomic E-state index is 0.0530. The van der Waals surface area contributed by atoms with E-state index in [2.05, 4.69) is 20.6 Å². The Balaban J connectivity index is 2.11. The molecule has 25 heavy (non-hydrogen) atoms. The lowest BCUT2D eigenvalue weighted by molar-refractivity contribution is 0.389. The van der Waals surface area contributed by atoms with E-state index in [1.807, 2.05) is 6.07 Å². The number of nitrogens with zero attached hydrogens (tertiary/aromatic N) is 3. The maximum atomic E-state index is 12.2. The number of nitrogens with two attached hydrogens (primary N) is 2. The Kier molecular flexibility index (Phi) is 4.56. The van der Waals surface area contributed by atoms with E-state index in [0.717, 1.165) is 31.2 Å². The summed E-state index contributed by atoms with van der Waals surface area (Å²) in [5, 5.41) is 26.8. The van der Waals surface area contributed by atoms with Crippen LogP contribution in [0.2, 0.25) is 0 Å². The number of nitrogens with one attached hydrogen (secondary N) is 2. The molecule has 1 fully saturated rings. The van der Waals surface area contributed by atoms with Gasteiger partial charge in [0.05, 0.1) is 10.7 Å². The summed E-state index contributed by atoms with van der Waals surface area (Å²) in [5.41, 5.74) is 7.47. The first kappa shape index (κ1) is 17.5. The number of aromatic amines is 1. The first-order valence-corrected chi connectivity index (χ1v) is 9.58. The van der Waals surface area contributed by atoms with E-state index in [9.17, 15) is 8.42 Å². The molecule has 1 aromatic carbocycles. The SMILES string of the molecule is Cc1ccc(C2CCC(C(=N)N)CC2)c(-c2nnn[nH]2)c1S(N)(=O)=O. The van der Waals surface area contributed by atoms with Gasteiger partial charge in [-0.15, -0.1) is 5.10 Å². The van der Waals surface area contributed by atoms with Crippen molar-refractivity contribution in [2.45, 2.75) is 43.4 Å². The predicted octanol–water partition coefficient (Wildman–Crippen LogP) is 1.03. The molecule has 0 aliphatic heterocycles. The summed E-state index contributed by atoms with van der Waals surface area (Å²) in [6.45, 7) is 1.70. The van der Waals surface area contributed by atoms with Gasteiger partial charge in [0.25, 0.3) is 0 Å². The minimum atomic E-state index is -3.95. The maximum Gasteiger partial charge on any atom is 0.239 e. The molecule has 9 nitrogen and oxygen atoms in total. The molecule has 0 radical (unpaired) electrons. The van der Waals surface area contributed by atoms with Gasteiger partial charge in [-0.2, -0.15) is 0 Å². The second-order valence-corrected chi connectivity index (χ2v) is 7.97. The second kappa shape index (κ2) is 6.52. The third-order valence-corrected chi connectivity index (χ3v) is 5.96. The smallest absolute Gasteiger partial charge is 0.239 e. The zero-order chi connectivity index (χ0) is 18.2. The fraction of sp³-hybridized carbons (Fsp3) is 0.467. The summed E-state index contributed by atoms with van der Waals surface area (Å²) in [4.78, 5) is 0.0530. The van der Waals surface area contributed by atoms with Crippen molar-refractivity contribution in [3.05, 3.63) is 23.3 Å². The zero-order valence-corrected chi connectivity index (χ0v) is 14.7. The van der Waals surface area contributed by atoms with Gasteiger partial charge < -0.3 is 5.73 Å². The van der Waals surface area contributed by atoms with Crippen molar-refractivity contribution >= 4 is 15.9 Å². The number of H-pyrrole nitrogens is 1. The van der Waals surface area contributed by atoms with E-state index in [4.69, 9.17) is 16.3 Å². The Morgan fingerprint density at radius 1 is 1.28 bits per heavy atom. The number of benzene rings is 1. The number of aryl methyl sites for hydroxylation is 1. The molecule has 0 unspecified atom stereocenters.